The van der Waals surface area contributed by atoms with Gasteiger partial charge in [0.15, 0.2) is 0 Å². The van der Waals surface area contributed by atoms with E-state index < -0.39 is 0 Å². The molecule has 0 aromatic carbocycles. The smallest absolute Gasteiger partial charge is 0.378 e. The third-order valence-electron chi connectivity index (χ3n) is 0.525. The lowest BCUT2D eigenvalue weighted by molar-refractivity contribution is 0.523. The van der Waals surface area contributed by atoms with E-state index in [0.717, 1.165) is 0 Å². The highest BCUT2D eigenvalue weighted by molar-refractivity contribution is 7.19. The van der Waals surface area contributed by atoms with Gasteiger partial charge in [-0.2, -0.15) is 0 Å². The van der Waals surface area contributed by atoms with Crippen LogP contribution in [0.1, 0.15) is 0 Å². The summed E-state index contributed by atoms with van der Waals surface area (Å²) >= 11 is 1.31. The molecule has 1 rings (SSSR count). The van der Waals surface area contributed by atoms with E-state index in [1.807, 2.05) is 0 Å². The fourth-order valence-corrected chi connectivity index (χ4v) is 1.02. The van der Waals surface area contributed by atoms with Crippen molar-refractivity contribution in [3.05, 3.63) is 11.6 Å². The number of hydrogen-bond donors (Lipinski definition) is 0. The van der Waals surface area contributed by atoms with Crippen LogP contribution in [-0.2, 0) is 4.57 Å². The van der Waals surface area contributed by atoms with Crippen molar-refractivity contribution in [1.29, 1.82) is 0 Å². The quantitative estimate of drug-likeness (QED) is 0.598. The van der Waals surface area contributed by atoms with Crippen LogP contribution in [0.4, 0.5) is 0 Å². The average molecular weight is 147 g/mol. The first-order chi connectivity index (χ1) is 3.93. The summed E-state index contributed by atoms with van der Waals surface area (Å²) in [5.74, 6) is 0. The molecule has 0 N–H and O–H groups in total. The Hall–Kier alpha value is -0.470. The summed E-state index contributed by atoms with van der Waals surface area (Å²) in [7, 11) is -0.346. The van der Waals surface area contributed by atoms with Crippen LogP contribution in [0.3, 0.4) is 0 Å². The van der Waals surface area contributed by atoms with Gasteiger partial charge in [0, 0.05) is 11.6 Å². The summed E-state index contributed by atoms with van der Waals surface area (Å²) in [4.78, 5) is 3.70. The van der Waals surface area contributed by atoms with Crippen LogP contribution in [0.15, 0.2) is 11.6 Å². The molecule has 0 atom stereocenters. The van der Waals surface area contributed by atoms with Crippen molar-refractivity contribution < 1.29 is 9.09 Å². The lowest BCUT2D eigenvalue weighted by atomic mass is 11.0. The molecule has 0 aliphatic carbocycles. The number of hydrogen-bond acceptors (Lipinski definition) is 4. The van der Waals surface area contributed by atoms with Gasteiger partial charge in [0.05, 0.1) is 0 Å². The molecule has 0 saturated carbocycles. The minimum absolute atomic E-state index is 0.346. The van der Waals surface area contributed by atoms with E-state index >= 15 is 0 Å². The third-order valence-corrected chi connectivity index (χ3v) is 1.54. The molecule has 0 radical (unpaired) electrons. The molecule has 0 unspecified atom stereocenters. The van der Waals surface area contributed by atoms with Crippen molar-refractivity contribution in [2.45, 2.75) is 0 Å². The average Bonchev–Trinajstić information content (AvgIpc) is 2.19. The van der Waals surface area contributed by atoms with Crippen molar-refractivity contribution in [3.8, 4) is 5.19 Å². The summed E-state index contributed by atoms with van der Waals surface area (Å²) in [6.45, 7) is 0. The largest absolute Gasteiger partial charge is 0.397 e. The second-order valence-corrected chi connectivity index (χ2v) is 2.15. The van der Waals surface area contributed by atoms with Crippen molar-refractivity contribution in [2.75, 3.05) is 0 Å². The van der Waals surface area contributed by atoms with Crippen LogP contribution < -0.4 is 4.52 Å². The number of rotatable bonds is 2. The lowest BCUT2D eigenvalue weighted by Crippen LogP contribution is -1.67. The highest BCUT2D eigenvalue weighted by Gasteiger charge is 1.90. The molecule has 8 heavy (non-hydrogen) atoms. The van der Waals surface area contributed by atoms with Crippen molar-refractivity contribution in [3.63, 3.8) is 0 Å². The summed E-state index contributed by atoms with van der Waals surface area (Å²) in [6, 6.07) is 0. The Bertz CT molecular complexity index is 164. The van der Waals surface area contributed by atoms with E-state index in [2.05, 4.69) is 9.51 Å². The molecular formula is C3H2NO2PS. The molecule has 0 bridgehead atoms. The first-order valence-electron chi connectivity index (χ1n) is 1.82. The van der Waals surface area contributed by atoms with Gasteiger partial charge in [0.2, 0.25) is 0 Å². The molecule has 0 saturated heterocycles. The molecule has 0 spiro atoms. The first-order valence-corrected chi connectivity index (χ1v) is 3.43. The number of nitrogens with zero attached hydrogens (tertiary/aromatic N) is 1. The zero-order valence-corrected chi connectivity index (χ0v) is 5.48. The van der Waals surface area contributed by atoms with Crippen molar-refractivity contribution in [1.82, 2.24) is 4.98 Å². The molecule has 0 amide bonds. The fraction of sp³-hybridized carbons (Fsp3) is 0. The zero-order chi connectivity index (χ0) is 5.82. The molecule has 0 aliphatic heterocycles. The van der Waals surface area contributed by atoms with Gasteiger partial charge in [0.25, 0.3) is 5.19 Å². The Labute approximate surface area is 51.6 Å². The van der Waals surface area contributed by atoms with Gasteiger partial charge in [0.1, 0.15) is 0 Å². The minimum Gasteiger partial charge on any atom is -0.378 e. The van der Waals surface area contributed by atoms with Crippen molar-refractivity contribution in [2.24, 2.45) is 0 Å². The monoisotopic (exact) mass is 147 g/mol. The second-order valence-electron chi connectivity index (χ2n) is 0.964. The standard InChI is InChI=1S/C3H2NO2PS/c5-7-6-3-4-1-2-8-3/h1-2H. The van der Waals surface area contributed by atoms with Crippen LogP contribution in [-0.4, -0.2) is 4.98 Å². The Morgan fingerprint density at radius 3 is 3.25 bits per heavy atom. The SMILES string of the molecule is O=POc1nccs1. The fourth-order valence-electron chi connectivity index (χ4n) is 0.287. The van der Waals surface area contributed by atoms with Gasteiger partial charge in [-0.15, -0.1) is 0 Å². The van der Waals surface area contributed by atoms with Gasteiger partial charge in [-0.25, -0.2) is 9.55 Å². The zero-order valence-electron chi connectivity index (χ0n) is 3.77. The summed E-state index contributed by atoms with van der Waals surface area (Å²) in [5.41, 5.74) is 0. The van der Waals surface area contributed by atoms with Crippen LogP contribution in [0.25, 0.3) is 0 Å². The van der Waals surface area contributed by atoms with Gasteiger partial charge < -0.3 is 4.52 Å². The molecule has 0 fully saturated rings. The normalized spacial score (nSPS) is 9.50. The van der Waals surface area contributed by atoms with E-state index in [9.17, 15) is 4.57 Å². The predicted octanol–water partition coefficient (Wildman–Crippen LogP) is 1.73. The first kappa shape index (κ1) is 5.66. The maximum atomic E-state index is 9.71. The maximum absolute atomic E-state index is 9.71. The predicted molar refractivity (Wildman–Crippen MR) is 30.3 cm³/mol. The van der Waals surface area contributed by atoms with Crippen molar-refractivity contribution >= 4 is 20.0 Å². The van der Waals surface area contributed by atoms with E-state index in [-0.39, 0.29) is 8.69 Å². The van der Waals surface area contributed by atoms with Gasteiger partial charge in [-0.1, -0.05) is 11.3 Å². The lowest BCUT2D eigenvalue weighted by Gasteiger charge is -1.80. The Kier molecular flexibility index (Phi) is 1.94. The second kappa shape index (κ2) is 2.74. The molecular weight excluding hydrogens is 145 g/mol. The summed E-state index contributed by atoms with van der Waals surface area (Å²) < 4.78 is 14.2. The summed E-state index contributed by atoms with van der Waals surface area (Å²) in [6.07, 6.45) is 1.59. The third kappa shape index (κ3) is 1.25. The molecule has 0 aliphatic rings. The summed E-state index contributed by atoms with van der Waals surface area (Å²) in [5, 5.41) is 2.18. The minimum atomic E-state index is -0.346. The highest BCUT2D eigenvalue weighted by Crippen LogP contribution is 2.16. The Morgan fingerprint density at radius 2 is 2.75 bits per heavy atom. The molecule has 1 aromatic heterocycles. The highest BCUT2D eigenvalue weighted by atomic mass is 32.1. The van der Waals surface area contributed by atoms with Crippen LogP contribution in [0, 0.1) is 0 Å². The Morgan fingerprint density at radius 1 is 1.88 bits per heavy atom. The Balaban J connectivity index is 2.62. The molecule has 1 heterocycles. The van der Waals surface area contributed by atoms with E-state index in [1.165, 1.54) is 11.3 Å². The molecule has 3 nitrogen and oxygen atoms in total. The van der Waals surface area contributed by atoms with E-state index in [1.54, 1.807) is 11.6 Å². The molecule has 1 aromatic rings. The molecule has 5 heteroatoms. The van der Waals surface area contributed by atoms with Gasteiger partial charge in [-0.3, -0.25) is 0 Å². The topological polar surface area (TPSA) is 39.2 Å². The van der Waals surface area contributed by atoms with E-state index in [4.69, 9.17) is 0 Å². The van der Waals surface area contributed by atoms with Gasteiger partial charge in [-0.05, 0) is 0 Å². The molecule has 42 valence electrons. The van der Waals surface area contributed by atoms with Gasteiger partial charge >= 0.3 is 8.69 Å². The van der Waals surface area contributed by atoms with E-state index in [0.29, 0.717) is 5.19 Å². The van der Waals surface area contributed by atoms with Crippen LogP contribution in [0.5, 0.6) is 5.19 Å². The number of thiazole rings is 1. The van der Waals surface area contributed by atoms with Crippen LogP contribution in [0.2, 0.25) is 0 Å². The van der Waals surface area contributed by atoms with Crippen LogP contribution >= 0.6 is 20.0 Å². The maximum Gasteiger partial charge on any atom is 0.397 e. The number of aromatic nitrogens is 1.